The van der Waals surface area contributed by atoms with Gasteiger partial charge in [-0.15, -0.1) is 11.6 Å². The van der Waals surface area contributed by atoms with Gasteiger partial charge in [-0.2, -0.15) is 0 Å². The monoisotopic (exact) mass is 295 g/mol. The van der Waals surface area contributed by atoms with Crippen LogP contribution in [0.15, 0.2) is 12.1 Å². The molecule has 1 aromatic carbocycles. The largest absolute Gasteiger partial charge is 0.490 e. The van der Waals surface area contributed by atoms with Crippen LogP contribution < -0.4 is 9.47 Å². The third-order valence-electron chi connectivity index (χ3n) is 4.30. The standard InChI is InChI=1S/C16H22ClNO2/c1-3-19-14-7-11-5-6-18-10-12(9-17)16(18)13(11)8-15(14)20-4-2/h7-8,12,16H,3-6,9-10H2,1-2H3. The number of rotatable bonds is 5. The predicted octanol–water partition coefficient (Wildman–Crippen LogP) is 3.25. The average Bonchev–Trinajstić information content (AvgIpc) is 2.41. The first kappa shape index (κ1) is 14.0. The molecule has 0 radical (unpaired) electrons. The molecule has 3 rings (SSSR count). The maximum Gasteiger partial charge on any atom is 0.161 e. The zero-order valence-electron chi connectivity index (χ0n) is 12.2. The molecular weight excluding hydrogens is 274 g/mol. The fourth-order valence-corrected chi connectivity index (χ4v) is 3.67. The molecule has 0 saturated carbocycles. The van der Waals surface area contributed by atoms with E-state index in [4.69, 9.17) is 21.1 Å². The van der Waals surface area contributed by atoms with E-state index in [0.29, 0.717) is 25.2 Å². The van der Waals surface area contributed by atoms with Crippen LogP contribution in [-0.2, 0) is 6.42 Å². The topological polar surface area (TPSA) is 21.7 Å². The molecule has 2 aliphatic rings. The van der Waals surface area contributed by atoms with E-state index in [1.807, 2.05) is 13.8 Å². The Balaban J connectivity index is 1.97. The number of ether oxygens (including phenoxy) is 2. The summed E-state index contributed by atoms with van der Waals surface area (Å²) in [7, 11) is 0. The molecule has 2 heterocycles. The number of hydrogen-bond acceptors (Lipinski definition) is 3. The van der Waals surface area contributed by atoms with Crippen LogP contribution in [0.3, 0.4) is 0 Å². The van der Waals surface area contributed by atoms with E-state index in [9.17, 15) is 0 Å². The zero-order chi connectivity index (χ0) is 14.1. The summed E-state index contributed by atoms with van der Waals surface area (Å²) < 4.78 is 11.5. The summed E-state index contributed by atoms with van der Waals surface area (Å²) in [6, 6.07) is 4.83. The number of hydrogen-bond donors (Lipinski definition) is 0. The molecule has 3 nitrogen and oxygen atoms in total. The minimum atomic E-state index is 0.478. The molecule has 110 valence electrons. The first-order valence-electron chi connectivity index (χ1n) is 7.50. The Hall–Kier alpha value is -0.930. The highest BCUT2D eigenvalue weighted by atomic mass is 35.5. The van der Waals surface area contributed by atoms with Gasteiger partial charge in [0.05, 0.1) is 13.2 Å². The average molecular weight is 296 g/mol. The van der Waals surface area contributed by atoms with Crippen LogP contribution in [0.4, 0.5) is 0 Å². The summed E-state index contributed by atoms with van der Waals surface area (Å²) in [4.78, 5) is 2.52. The Labute approximate surface area is 125 Å². The fourth-order valence-electron chi connectivity index (χ4n) is 3.40. The number of fused-ring (bicyclic) bond motifs is 3. The number of nitrogens with zero attached hydrogens (tertiary/aromatic N) is 1. The lowest BCUT2D eigenvalue weighted by molar-refractivity contribution is 0.0178. The van der Waals surface area contributed by atoms with Gasteiger partial charge < -0.3 is 9.47 Å². The quantitative estimate of drug-likeness (QED) is 0.778. The summed E-state index contributed by atoms with van der Waals surface area (Å²) in [5.41, 5.74) is 2.79. The van der Waals surface area contributed by atoms with Gasteiger partial charge in [0, 0.05) is 30.9 Å². The number of alkyl halides is 1. The summed E-state index contributed by atoms with van der Waals surface area (Å²) in [6.07, 6.45) is 1.09. The lowest BCUT2D eigenvalue weighted by atomic mass is 9.78. The lowest BCUT2D eigenvalue weighted by Gasteiger charge is -2.51. The van der Waals surface area contributed by atoms with Crippen LogP contribution in [0.2, 0.25) is 0 Å². The first-order chi connectivity index (χ1) is 9.78. The van der Waals surface area contributed by atoms with Gasteiger partial charge in [0.1, 0.15) is 0 Å². The highest BCUT2D eigenvalue weighted by molar-refractivity contribution is 6.18. The van der Waals surface area contributed by atoms with E-state index < -0.39 is 0 Å². The zero-order valence-corrected chi connectivity index (χ0v) is 12.9. The van der Waals surface area contributed by atoms with E-state index in [-0.39, 0.29) is 0 Å². The Morgan fingerprint density at radius 1 is 1.20 bits per heavy atom. The second-order valence-electron chi connectivity index (χ2n) is 5.47. The number of halogens is 1. The van der Waals surface area contributed by atoms with Gasteiger partial charge in [0.25, 0.3) is 0 Å². The lowest BCUT2D eigenvalue weighted by Crippen LogP contribution is -2.53. The third-order valence-corrected chi connectivity index (χ3v) is 4.70. The van der Waals surface area contributed by atoms with Crippen LogP contribution in [0.1, 0.15) is 31.0 Å². The van der Waals surface area contributed by atoms with Gasteiger partial charge in [-0.3, -0.25) is 4.90 Å². The molecule has 0 bridgehead atoms. The minimum Gasteiger partial charge on any atom is -0.490 e. The molecule has 0 N–H and O–H groups in total. The molecule has 0 aliphatic carbocycles. The summed E-state index contributed by atoms with van der Waals surface area (Å²) in [5, 5.41) is 0. The van der Waals surface area contributed by atoms with Gasteiger partial charge in [0.2, 0.25) is 0 Å². The van der Waals surface area contributed by atoms with Crippen LogP contribution in [0.5, 0.6) is 11.5 Å². The SMILES string of the molecule is CCOc1cc2c(cc1OCC)C1C(CCl)CN1CC2. The molecular formula is C16H22ClNO2. The van der Waals surface area contributed by atoms with Gasteiger partial charge in [0.15, 0.2) is 11.5 Å². The summed E-state index contributed by atoms with van der Waals surface area (Å²) in [6.45, 7) is 7.60. The molecule has 4 heteroatoms. The van der Waals surface area contributed by atoms with Gasteiger partial charge in [-0.25, -0.2) is 0 Å². The van der Waals surface area contributed by atoms with E-state index in [1.54, 1.807) is 0 Å². The highest BCUT2D eigenvalue weighted by Gasteiger charge is 2.42. The van der Waals surface area contributed by atoms with Gasteiger partial charge >= 0.3 is 0 Å². The second-order valence-corrected chi connectivity index (χ2v) is 5.78. The minimum absolute atomic E-state index is 0.478. The summed E-state index contributed by atoms with van der Waals surface area (Å²) >= 11 is 6.09. The van der Waals surface area contributed by atoms with Crippen LogP contribution in [-0.4, -0.2) is 37.1 Å². The first-order valence-corrected chi connectivity index (χ1v) is 8.04. The molecule has 20 heavy (non-hydrogen) atoms. The van der Waals surface area contributed by atoms with Gasteiger partial charge in [-0.1, -0.05) is 0 Å². The van der Waals surface area contributed by atoms with Crippen LogP contribution in [0.25, 0.3) is 0 Å². The molecule has 2 unspecified atom stereocenters. The Bertz CT molecular complexity index is 492. The second kappa shape index (κ2) is 5.82. The maximum absolute atomic E-state index is 6.09. The fraction of sp³-hybridized carbons (Fsp3) is 0.625. The Morgan fingerprint density at radius 2 is 1.90 bits per heavy atom. The molecule has 0 spiro atoms. The maximum atomic E-state index is 6.09. The Morgan fingerprint density at radius 3 is 2.55 bits per heavy atom. The molecule has 1 saturated heterocycles. The smallest absolute Gasteiger partial charge is 0.161 e. The van der Waals surface area contributed by atoms with Crippen molar-refractivity contribution in [1.82, 2.24) is 4.90 Å². The van der Waals surface area contributed by atoms with E-state index in [0.717, 1.165) is 36.9 Å². The highest BCUT2D eigenvalue weighted by Crippen LogP contribution is 2.46. The molecule has 2 aliphatic heterocycles. The van der Waals surface area contributed by atoms with Crippen molar-refractivity contribution >= 4 is 11.6 Å². The number of benzene rings is 1. The van der Waals surface area contributed by atoms with Crippen molar-refractivity contribution in [2.75, 3.05) is 32.2 Å². The molecule has 1 aromatic rings. The van der Waals surface area contributed by atoms with Crippen molar-refractivity contribution in [3.8, 4) is 11.5 Å². The molecule has 1 fully saturated rings. The van der Waals surface area contributed by atoms with Crippen molar-refractivity contribution in [3.05, 3.63) is 23.3 Å². The normalized spacial score (nSPS) is 24.6. The van der Waals surface area contributed by atoms with Crippen LogP contribution >= 0.6 is 11.6 Å². The molecule has 2 atom stereocenters. The van der Waals surface area contributed by atoms with Crippen molar-refractivity contribution in [2.45, 2.75) is 26.3 Å². The van der Waals surface area contributed by atoms with Crippen molar-refractivity contribution < 1.29 is 9.47 Å². The van der Waals surface area contributed by atoms with E-state index in [1.165, 1.54) is 11.1 Å². The Kier molecular flexibility index (Phi) is 4.08. The van der Waals surface area contributed by atoms with Crippen molar-refractivity contribution in [3.63, 3.8) is 0 Å². The molecule has 0 amide bonds. The van der Waals surface area contributed by atoms with E-state index in [2.05, 4.69) is 17.0 Å². The predicted molar refractivity (Wildman–Crippen MR) is 81.0 cm³/mol. The van der Waals surface area contributed by atoms with E-state index >= 15 is 0 Å². The third kappa shape index (κ3) is 2.27. The van der Waals surface area contributed by atoms with Gasteiger partial charge in [-0.05, 0) is 43.5 Å². The van der Waals surface area contributed by atoms with Crippen molar-refractivity contribution in [2.24, 2.45) is 5.92 Å². The molecule has 0 aromatic heterocycles. The van der Waals surface area contributed by atoms with Crippen LogP contribution in [0, 0.1) is 5.92 Å². The summed E-state index contributed by atoms with van der Waals surface area (Å²) in [5.74, 6) is 3.05. The van der Waals surface area contributed by atoms with Crippen molar-refractivity contribution in [1.29, 1.82) is 0 Å².